The number of esters is 2. The summed E-state index contributed by atoms with van der Waals surface area (Å²) < 4.78 is 13.5. The number of aromatic nitrogens is 4. The van der Waals surface area contributed by atoms with E-state index in [4.69, 9.17) is 19.7 Å². The van der Waals surface area contributed by atoms with Gasteiger partial charge >= 0.3 is 11.9 Å². The summed E-state index contributed by atoms with van der Waals surface area (Å²) >= 11 is 4.34. The van der Waals surface area contributed by atoms with Gasteiger partial charge in [0.1, 0.15) is 4.91 Å². The van der Waals surface area contributed by atoms with Gasteiger partial charge in [0.15, 0.2) is 5.70 Å². The Balaban J connectivity index is 2.30. The summed E-state index contributed by atoms with van der Waals surface area (Å²) in [5.74, 6) is -1.46. The quantitative estimate of drug-likeness (QED) is 0.295. The average Bonchev–Trinajstić information content (AvgIpc) is 3.36. The number of methoxy groups -OCH3 is 2. The number of hydrogen-bond donors (Lipinski definition) is 1. The SMILES string of the molecule is COC(=O)/C(S)=C(/C(=O)OC)N1C(C)C=C(C)N1[B-](n1nc(C)cc1C)n1nc(C)cc1C. The Kier molecular flexibility index (Phi) is 6.96. The minimum Gasteiger partial charge on any atom is -0.465 e. The third-order valence-corrected chi connectivity index (χ3v) is 5.81. The van der Waals surface area contributed by atoms with E-state index in [0.717, 1.165) is 28.5 Å². The molecule has 12 heteroatoms. The van der Waals surface area contributed by atoms with Crippen LogP contribution in [0.3, 0.4) is 0 Å². The van der Waals surface area contributed by atoms with Crippen molar-refractivity contribution in [2.24, 2.45) is 0 Å². The molecule has 1 radical (unpaired) electrons. The molecule has 0 spiro atoms. The van der Waals surface area contributed by atoms with Crippen molar-refractivity contribution in [3.05, 3.63) is 57.3 Å². The van der Waals surface area contributed by atoms with Crippen molar-refractivity contribution in [1.29, 1.82) is 0 Å². The van der Waals surface area contributed by atoms with Gasteiger partial charge in [0, 0.05) is 0 Å². The zero-order chi connectivity index (χ0) is 24.6. The molecule has 0 fully saturated rings. The van der Waals surface area contributed by atoms with E-state index in [1.54, 1.807) is 5.01 Å². The van der Waals surface area contributed by atoms with E-state index < -0.39 is 19.1 Å². The molecular weight excluding hydrogens is 443 g/mol. The minimum atomic E-state index is -0.746. The molecule has 33 heavy (non-hydrogen) atoms. The van der Waals surface area contributed by atoms with Gasteiger partial charge in [-0.25, -0.2) is 19.8 Å². The Morgan fingerprint density at radius 2 is 1.42 bits per heavy atom. The van der Waals surface area contributed by atoms with Crippen LogP contribution in [0.2, 0.25) is 0 Å². The van der Waals surface area contributed by atoms with Gasteiger partial charge in [0.05, 0.1) is 31.6 Å². The molecule has 1 aliphatic rings. The molecule has 0 aromatic carbocycles. The maximum absolute atomic E-state index is 12.9. The smallest absolute Gasteiger partial charge is 0.357 e. The van der Waals surface area contributed by atoms with Crippen molar-refractivity contribution in [2.75, 3.05) is 14.2 Å². The standard InChI is InChI=1S/C21H29BN6O4S/c1-12-9-15(4)26(23-12)22(27-16(5)10-13(2)24-27)28-17(6)11-14(3)25(28)18(20(29)31-7)19(33)21(30)32-8/h9-11,14,33H,1-8H3/q-1/b19-18+. The maximum Gasteiger partial charge on any atom is 0.357 e. The highest BCUT2D eigenvalue weighted by Gasteiger charge is 2.37. The van der Waals surface area contributed by atoms with Gasteiger partial charge in [-0.05, 0) is 76.8 Å². The summed E-state index contributed by atoms with van der Waals surface area (Å²) in [6, 6.07) is 3.64. The summed E-state index contributed by atoms with van der Waals surface area (Å²) in [6.45, 7) is 11.6. The molecule has 0 saturated heterocycles. The number of carbonyl (C=O) groups excluding carboxylic acids is 2. The van der Waals surface area contributed by atoms with Crippen LogP contribution < -0.4 is 0 Å². The summed E-state index contributed by atoms with van der Waals surface area (Å²) in [5.41, 5.74) is 4.28. The second-order valence-electron chi connectivity index (χ2n) is 8.01. The van der Waals surface area contributed by atoms with Crippen LogP contribution in [-0.4, -0.2) is 68.6 Å². The first-order valence-corrected chi connectivity index (χ1v) is 10.9. The molecule has 10 nitrogen and oxygen atoms in total. The zero-order valence-corrected chi connectivity index (χ0v) is 21.0. The predicted molar refractivity (Wildman–Crippen MR) is 127 cm³/mol. The van der Waals surface area contributed by atoms with Crippen molar-refractivity contribution in [1.82, 2.24) is 29.3 Å². The molecule has 0 aliphatic carbocycles. The number of hydrogen-bond acceptors (Lipinski definition) is 9. The van der Waals surface area contributed by atoms with Crippen LogP contribution in [0.25, 0.3) is 0 Å². The summed E-state index contributed by atoms with van der Waals surface area (Å²) in [7, 11) is 1.88. The molecule has 1 atom stereocenters. The highest BCUT2D eigenvalue weighted by Crippen LogP contribution is 2.32. The van der Waals surface area contributed by atoms with Crippen molar-refractivity contribution < 1.29 is 19.1 Å². The molecular formula is C21H29BN6O4S-. The molecule has 2 aromatic rings. The van der Waals surface area contributed by atoms with Gasteiger partial charge in [0.25, 0.3) is 7.12 Å². The van der Waals surface area contributed by atoms with Crippen LogP contribution in [-0.2, 0) is 19.1 Å². The van der Waals surface area contributed by atoms with Crippen LogP contribution in [0.15, 0.2) is 34.5 Å². The molecule has 177 valence electrons. The zero-order valence-electron chi connectivity index (χ0n) is 20.2. The Morgan fingerprint density at radius 3 is 1.82 bits per heavy atom. The summed E-state index contributed by atoms with van der Waals surface area (Å²) in [5, 5.41) is 11.1. The first kappa shape index (κ1) is 24.5. The van der Waals surface area contributed by atoms with E-state index >= 15 is 0 Å². The molecule has 0 amide bonds. The van der Waals surface area contributed by atoms with Gasteiger partial charge in [0.2, 0.25) is 0 Å². The lowest BCUT2D eigenvalue weighted by Gasteiger charge is -2.50. The van der Waals surface area contributed by atoms with Crippen LogP contribution in [0.4, 0.5) is 0 Å². The van der Waals surface area contributed by atoms with E-state index in [1.165, 1.54) is 14.2 Å². The topological polar surface area (TPSA) is 94.7 Å². The van der Waals surface area contributed by atoms with Crippen molar-refractivity contribution in [3.63, 3.8) is 0 Å². The number of carbonyl (C=O) groups is 2. The Hall–Kier alpha value is -3.15. The first-order chi connectivity index (χ1) is 15.5. The van der Waals surface area contributed by atoms with Crippen molar-refractivity contribution >= 4 is 31.7 Å². The second-order valence-corrected chi connectivity index (χ2v) is 8.46. The number of hydrazine groups is 1. The third-order valence-electron chi connectivity index (χ3n) is 5.42. The van der Waals surface area contributed by atoms with E-state index in [0.29, 0.717) is 0 Å². The van der Waals surface area contributed by atoms with Crippen molar-refractivity contribution in [2.45, 2.75) is 47.6 Å². The number of ether oxygens (including phenoxy) is 2. The van der Waals surface area contributed by atoms with Crippen LogP contribution in [0.1, 0.15) is 36.6 Å². The van der Waals surface area contributed by atoms with Gasteiger partial charge < -0.3 is 28.6 Å². The third kappa shape index (κ3) is 4.39. The predicted octanol–water partition coefficient (Wildman–Crippen LogP) is 2.01. The number of aryl methyl sites for hydroxylation is 4. The molecule has 0 N–H and O–H groups in total. The van der Waals surface area contributed by atoms with Gasteiger partial charge in [-0.2, -0.15) is 0 Å². The fourth-order valence-electron chi connectivity index (χ4n) is 4.13. The monoisotopic (exact) mass is 472 g/mol. The maximum atomic E-state index is 12.9. The largest absolute Gasteiger partial charge is 0.465 e. The molecule has 1 aliphatic heterocycles. The summed E-state index contributed by atoms with van der Waals surface area (Å²) in [6.07, 6.45) is 1.98. The van der Waals surface area contributed by atoms with Crippen LogP contribution in [0.5, 0.6) is 0 Å². The highest BCUT2D eigenvalue weighted by atomic mass is 32.1. The van der Waals surface area contributed by atoms with Crippen molar-refractivity contribution in [3.8, 4) is 0 Å². The minimum absolute atomic E-state index is 0.0404. The molecule has 0 bridgehead atoms. The molecule has 0 saturated carbocycles. The van der Waals surface area contributed by atoms with Gasteiger partial charge in [-0.15, -0.1) is 12.6 Å². The lowest BCUT2D eigenvalue weighted by Crippen LogP contribution is -2.58. The van der Waals surface area contributed by atoms with E-state index in [2.05, 4.69) is 12.6 Å². The average molecular weight is 472 g/mol. The number of nitrogens with zero attached hydrogens (tertiary/aromatic N) is 6. The Bertz CT molecular complexity index is 1110. The second kappa shape index (κ2) is 9.38. The number of allylic oxidation sites excluding steroid dienone is 1. The summed E-state index contributed by atoms with van der Waals surface area (Å²) in [4.78, 5) is 27.0. The van der Waals surface area contributed by atoms with E-state index in [9.17, 15) is 9.59 Å². The normalized spacial score (nSPS) is 16.8. The molecule has 2 aromatic heterocycles. The van der Waals surface area contributed by atoms with E-state index in [-0.39, 0.29) is 16.6 Å². The fourth-order valence-corrected chi connectivity index (χ4v) is 4.41. The first-order valence-electron chi connectivity index (χ1n) is 10.4. The number of thiol groups is 1. The molecule has 3 heterocycles. The Labute approximate surface area is 199 Å². The van der Waals surface area contributed by atoms with Gasteiger partial charge in [-0.1, -0.05) is 0 Å². The number of rotatable bonds is 6. The van der Waals surface area contributed by atoms with Gasteiger partial charge in [-0.3, -0.25) is 0 Å². The molecule has 3 rings (SSSR count). The lowest BCUT2D eigenvalue weighted by molar-refractivity contribution is -0.141. The Morgan fingerprint density at radius 1 is 0.939 bits per heavy atom. The lowest BCUT2D eigenvalue weighted by atomic mass is 9.91. The highest BCUT2D eigenvalue weighted by molar-refractivity contribution is 7.85. The van der Waals surface area contributed by atoms with E-state index in [1.807, 2.05) is 73.9 Å². The van der Waals surface area contributed by atoms with Crippen LogP contribution >= 0.6 is 12.6 Å². The fraction of sp³-hybridized carbons (Fsp3) is 0.429. The van der Waals surface area contributed by atoms with Crippen LogP contribution in [0, 0.1) is 27.7 Å². The molecule has 1 unspecified atom stereocenters.